The van der Waals surface area contributed by atoms with Crippen LogP contribution in [0.15, 0.2) is 58.3 Å². The van der Waals surface area contributed by atoms with E-state index < -0.39 is 46.0 Å². The van der Waals surface area contributed by atoms with Gasteiger partial charge in [-0.05, 0) is 93.7 Å². The predicted octanol–water partition coefficient (Wildman–Crippen LogP) is 5.65. The number of rotatable bonds is 12. The Bertz CT molecular complexity index is 1350. The van der Waals surface area contributed by atoms with Crippen molar-refractivity contribution in [2.24, 2.45) is 11.8 Å². The van der Waals surface area contributed by atoms with Crippen LogP contribution in [0.4, 0.5) is 13.2 Å². The Kier molecular flexibility index (Phi) is 12.1. The maximum absolute atomic E-state index is 13.5. The maximum atomic E-state index is 13.5. The van der Waals surface area contributed by atoms with Crippen molar-refractivity contribution in [3.8, 4) is 0 Å². The second-order valence-electron chi connectivity index (χ2n) is 11.8. The Labute approximate surface area is 257 Å². The number of halogens is 3. The molecule has 3 rings (SSSR count). The zero-order valence-corrected chi connectivity index (χ0v) is 26.9. The first kappa shape index (κ1) is 34.9. The zero-order valence-electron chi connectivity index (χ0n) is 25.3. The van der Waals surface area contributed by atoms with Gasteiger partial charge in [-0.3, -0.25) is 14.5 Å². The van der Waals surface area contributed by atoms with E-state index >= 15 is 0 Å². The topological polar surface area (TPSA) is 95.6 Å². The molecule has 1 aliphatic rings. The maximum Gasteiger partial charge on any atom is 0.416 e. The lowest BCUT2D eigenvalue weighted by atomic mass is 9.81. The minimum Gasteiger partial charge on any atom is -0.352 e. The Hall–Kier alpha value is -2.57. The molecular formula is C31H42F3N3O4S2. The van der Waals surface area contributed by atoms with Crippen molar-refractivity contribution in [1.29, 1.82) is 0 Å². The van der Waals surface area contributed by atoms with Crippen LogP contribution in [-0.4, -0.2) is 68.4 Å². The molecule has 2 amide bonds. The van der Waals surface area contributed by atoms with Crippen molar-refractivity contribution in [2.45, 2.75) is 81.1 Å². The number of nitrogens with one attached hydrogen (secondary N) is 2. The van der Waals surface area contributed by atoms with Crippen LogP contribution in [-0.2, 0) is 20.8 Å². The summed E-state index contributed by atoms with van der Waals surface area (Å²) in [5, 5.41) is 5.30. The van der Waals surface area contributed by atoms with Gasteiger partial charge in [0.25, 0.3) is 5.91 Å². The highest BCUT2D eigenvalue weighted by molar-refractivity contribution is 7.98. The molecule has 3 atom stereocenters. The number of alkyl halides is 3. The number of amides is 2. The number of sulfone groups is 1. The van der Waals surface area contributed by atoms with E-state index in [-0.39, 0.29) is 34.2 Å². The predicted molar refractivity (Wildman–Crippen MR) is 164 cm³/mol. The number of hydrogen-bond donors (Lipinski definition) is 2. The van der Waals surface area contributed by atoms with Crippen LogP contribution in [0.3, 0.4) is 0 Å². The van der Waals surface area contributed by atoms with Crippen LogP contribution in [0.5, 0.6) is 0 Å². The molecule has 0 radical (unpaired) electrons. The van der Waals surface area contributed by atoms with Gasteiger partial charge in [-0.1, -0.05) is 19.9 Å². The molecule has 12 heteroatoms. The molecule has 0 aromatic heterocycles. The number of nitrogens with zero attached hydrogens (tertiary/aromatic N) is 1. The highest BCUT2D eigenvalue weighted by Crippen LogP contribution is 2.33. The molecule has 43 heavy (non-hydrogen) atoms. The molecule has 0 aliphatic heterocycles. The molecule has 0 bridgehead atoms. The van der Waals surface area contributed by atoms with Gasteiger partial charge in [0.05, 0.1) is 22.8 Å². The first-order valence-electron chi connectivity index (χ1n) is 14.5. The summed E-state index contributed by atoms with van der Waals surface area (Å²) in [7, 11) is -3.66. The second-order valence-corrected chi connectivity index (χ2v) is 14.7. The lowest BCUT2D eigenvalue weighted by molar-refractivity contribution is -0.137. The highest BCUT2D eigenvalue weighted by Gasteiger charge is 2.38. The highest BCUT2D eigenvalue weighted by atomic mass is 32.2. The van der Waals surface area contributed by atoms with Crippen molar-refractivity contribution in [3.63, 3.8) is 0 Å². The van der Waals surface area contributed by atoms with Crippen molar-refractivity contribution in [2.75, 3.05) is 25.1 Å². The van der Waals surface area contributed by atoms with Crippen LogP contribution in [0, 0.1) is 11.8 Å². The van der Waals surface area contributed by atoms with E-state index in [0.29, 0.717) is 18.8 Å². The van der Waals surface area contributed by atoms with E-state index in [4.69, 9.17) is 0 Å². The van der Waals surface area contributed by atoms with Crippen molar-refractivity contribution >= 4 is 33.4 Å². The Morgan fingerprint density at radius 1 is 1.05 bits per heavy atom. The number of benzene rings is 2. The van der Waals surface area contributed by atoms with Crippen LogP contribution in [0.2, 0.25) is 0 Å². The Morgan fingerprint density at radius 2 is 1.72 bits per heavy atom. The zero-order chi connectivity index (χ0) is 31.9. The van der Waals surface area contributed by atoms with Gasteiger partial charge in [0.2, 0.25) is 5.91 Å². The van der Waals surface area contributed by atoms with E-state index in [0.717, 1.165) is 36.1 Å². The number of hydrogen-bond acceptors (Lipinski definition) is 6. The first-order chi connectivity index (χ1) is 20.1. The molecule has 1 fully saturated rings. The molecular weight excluding hydrogens is 599 g/mol. The van der Waals surface area contributed by atoms with Gasteiger partial charge in [0, 0.05) is 35.1 Å². The Morgan fingerprint density at radius 3 is 2.30 bits per heavy atom. The van der Waals surface area contributed by atoms with E-state index in [9.17, 15) is 31.2 Å². The summed E-state index contributed by atoms with van der Waals surface area (Å²) in [4.78, 5) is 29.0. The van der Waals surface area contributed by atoms with E-state index in [1.807, 2.05) is 6.26 Å². The third-order valence-electron chi connectivity index (χ3n) is 7.72. The van der Waals surface area contributed by atoms with Gasteiger partial charge in [0.1, 0.15) is 0 Å². The lowest BCUT2D eigenvalue weighted by Gasteiger charge is -2.44. The van der Waals surface area contributed by atoms with Gasteiger partial charge in [-0.15, -0.1) is 11.8 Å². The van der Waals surface area contributed by atoms with E-state index in [1.165, 1.54) is 17.8 Å². The van der Waals surface area contributed by atoms with E-state index in [2.05, 4.69) is 43.2 Å². The molecule has 238 valence electrons. The fourth-order valence-corrected chi connectivity index (χ4v) is 7.72. The standard InChI is InChI=1S/C31H42F3N3O4S2/c1-20(2)18-37(21(3)4)25-9-14-28(23(16-25)19-43(40,41)27-12-10-26(42-5)11-13-27)36-29(38)17-35-30(39)22-7-6-8-24(15-22)31(32,33)34/h6-8,10-13,15,20-21,23,25,28H,9,14,16-19H2,1-5H3,(H,35,39)(H,36,38)/t23?,25-,28?/m1/s1. The molecule has 2 aromatic carbocycles. The molecule has 0 heterocycles. The van der Waals surface area contributed by atoms with Crippen LogP contribution in [0.1, 0.15) is 62.9 Å². The largest absolute Gasteiger partial charge is 0.416 e. The molecule has 0 saturated heterocycles. The summed E-state index contributed by atoms with van der Waals surface area (Å²) < 4.78 is 66.2. The summed E-state index contributed by atoms with van der Waals surface area (Å²) in [6.07, 6.45) is -0.775. The summed E-state index contributed by atoms with van der Waals surface area (Å²) in [5.41, 5.74) is -1.17. The van der Waals surface area contributed by atoms with Crippen molar-refractivity contribution < 1.29 is 31.2 Å². The molecule has 1 saturated carbocycles. The molecule has 7 nitrogen and oxygen atoms in total. The third-order valence-corrected chi connectivity index (χ3v) is 10.3. The Balaban J connectivity index is 1.75. The van der Waals surface area contributed by atoms with Crippen molar-refractivity contribution in [1.82, 2.24) is 15.5 Å². The van der Waals surface area contributed by atoms with Gasteiger partial charge < -0.3 is 10.6 Å². The fourth-order valence-electron chi connectivity index (χ4n) is 5.64. The minimum atomic E-state index is -4.60. The van der Waals surface area contributed by atoms with Crippen LogP contribution >= 0.6 is 11.8 Å². The van der Waals surface area contributed by atoms with Gasteiger partial charge in [0.15, 0.2) is 9.84 Å². The quantitative estimate of drug-likeness (QED) is 0.291. The smallest absolute Gasteiger partial charge is 0.352 e. The second kappa shape index (κ2) is 14.9. The molecule has 2 unspecified atom stereocenters. The van der Waals surface area contributed by atoms with Gasteiger partial charge >= 0.3 is 6.18 Å². The average Bonchev–Trinajstić information content (AvgIpc) is 2.95. The van der Waals surface area contributed by atoms with Gasteiger partial charge in [-0.2, -0.15) is 13.2 Å². The molecule has 2 N–H and O–H groups in total. The van der Waals surface area contributed by atoms with Crippen molar-refractivity contribution in [3.05, 3.63) is 59.7 Å². The van der Waals surface area contributed by atoms with E-state index in [1.54, 1.807) is 24.3 Å². The normalized spacial score (nSPS) is 19.6. The third kappa shape index (κ3) is 9.97. The first-order valence-corrected chi connectivity index (χ1v) is 17.4. The summed E-state index contributed by atoms with van der Waals surface area (Å²) in [6.45, 7) is 8.97. The number of carbonyl (C=O) groups excluding carboxylic acids is 2. The summed E-state index contributed by atoms with van der Waals surface area (Å²) >= 11 is 1.52. The summed E-state index contributed by atoms with van der Waals surface area (Å²) in [5.74, 6) is -1.42. The number of carbonyl (C=O) groups is 2. The van der Waals surface area contributed by atoms with Gasteiger partial charge in [-0.25, -0.2) is 8.42 Å². The SMILES string of the molecule is CSc1ccc(S(=O)(=O)CC2C[C@H](N(CC(C)C)C(C)C)CCC2NC(=O)CNC(=O)c2cccc(C(F)(F)F)c2)cc1. The van der Waals surface area contributed by atoms with Crippen LogP contribution < -0.4 is 10.6 Å². The van der Waals surface area contributed by atoms with Crippen LogP contribution in [0.25, 0.3) is 0 Å². The average molecular weight is 642 g/mol. The molecule has 2 aromatic rings. The number of thioether (sulfide) groups is 1. The summed E-state index contributed by atoms with van der Waals surface area (Å²) in [6, 6.07) is 10.7. The lowest BCUT2D eigenvalue weighted by Crippen LogP contribution is -2.53. The molecule has 1 aliphatic carbocycles. The monoisotopic (exact) mass is 641 g/mol. The molecule has 0 spiro atoms. The fraction of sp³-hybridized carbons (Fsp3) is 0.548. The minimum absolute atomic E-state index is 0.142.